The number of amides is 2. The maximum Gasteiger partial charge on any atom is 0.329 e. The number of hydrazone groups is 1. The van der Waals surface area contributed by atoms with Crippen molar-refractivity contribution < 1.29 is 9.59 Å². The van der Waals surface area contributed by atoms with Crippen LogP contribution in [0.25, 0.3) is 0 Å². The lowest BCUT2D eigenvalue weighted by molar-refractivity contribution is -0.139. The largest absolute Gasteiger partial charge is 0.344 e. The normalized spacial score (nSPS) is 10.5. The van der Waals surface area contributed by atoms with Gasteiger partial charge in [0.05, 0.1) is 11.2 Å². The van der Waals surface area contributed by atoms with Gasteiger partial charge in [0.2, 0.25) is 0 Å². The summed E-state index contributed by atoms with van der Waals surface area (Å²) >= 11 is 11.7. The summed E-state index contributed by atoms with van der Waals surface area (Å²) in [5.74, 6) is -1.68. The number of nitrogens with one attached hydrogen (secondary N) is 2. The average molecular weight is 351 g/mol. The van der Waals surface area contributed by atoms with Gasteiger partial charge in [0.25, 0.3) is 0 Å². The molecular formula is C15H12Cl2N4O2. The Morgan fingerprint density at radius 3 is 2.74 bits per heavy atom. The number of benzene rings is 1. The van der Waals surface area contributed by atoms with E-state index in [-0.39, 0.29) is 6.54 Å². The Morgan fingerprint density at radius 1 is 1.22 bits per heavy atom. The van der Waals surface area contributed by atoms with E-state index in [0.29, 0.717) is 15.6 Å². The first-order valence-electron chi connectivity index (χ1n) is 6.51. The third kappa shape index (κ3) is 5.36. The molecule has 0 aliphatic heterocycles. The van der Waals surface area contributed by atoms with Crippen molar-refractivity contribution in [3.63, 3.8) is 0 Å². The molecule has 0 saturated carbocycles. The predicted octanol–water partition coefficient (Wildman–Crippen LogP) is 2.15. The number of hydrogen-bond acceptors (Lipinski definition) is 4. The summed E-state index contributed by atoms with van der Waals surface area (Å²) in [7, 11) is 0. The SMILES string of the molecule is O=C(NCc1cccnc1)C(=O)N/N=C\c1ccc(Cl)cc1Cl. The zero-order chi connectivity index (χ0) is 16.7. The molecule has 2 rings (SSSR count). The lowest BCUT2D eigenvalue weighted by Gasteiger charge is -2.03. The van der Waals surface area contributed by atoms with Crippen LogP contribution < -0.4 is 10.7 Å². The smallest absolute Gasteiger partial charge is 0.329 e. The predicted molar refractivity (Wildman–Crippen MR) is 88.3 cm³/mol. The second-order valence-corrected chi connectivity index (χ2v) is 5.25. The molecule has 1 heterocycles. The van der Waals surface area contributed by atoms with Gasteiger partial charge in [0, 0.05) is 29.5 Å². The lowest BCUT2D eigenvalue weighted by atomic mass is 10.2. The van der Waals surface area contributed by atoms with Crippen LogP contribution in [0.3, 0.4) is 0 Å². The molecule has 23 heavy (non-hydrogen) atoms. The topological polar surface area (TPSA) is 83.5 Å². The Balaban J connectivity index is 1.84. The van der Waals surface area contributed by atoms with Gasteiger partial charge in [-0.1, -0.05) is 35.3 Å². The molecule has 0 atom stereocenters. The number of carbonyl (C=O) groups is 2. The van der Waals surface area contributed by atoms with Crippen molar-refractivity contribution in [3.05, 3.63) is 63.9 Å². The third-order valence-corrected chi connectivity index (χ3v) is 3.28. The number of aromatic nitrogens is 1. The zero-order valence-electron chi connectivity index (χ0n) is 11.8. The molecule has 2 amide bonds. The van der Waals surface area contributed by atoms with Gasteiger partial charge >= 0.3 is 11.8 Å². The molecule has 2 N–H and O–H groups in total. The van der Waals surface area contributed by atoms with Crippen LogP contribution >= 0.6 is 23.2 Å². The Hall–Kier alpha value is -2.44. The fourth-order valence-corrected chi connectivity index (χ4v) is 2.04. The summed E-state index contributed by atoms with van der Waals surface area (Å²) in [6.07, 6.45) is 4.54. The molecule has 0 aliphatic rings. The first-order chi connectivity index (χ1) is 11.1. The van der Waals surface area contributed by atoms with E-state index < -0.39 is 11.8 Å². The van der Waals surface area contributed by atoms with Crippen molar-refractivity contribution in [2.24, 2.45) is 5.10 Å². The highest BCUT2D eigenvalue weighted by molar-refractivity contribution is 6.36. The quantitative estimate of drug-likeness (QED) is 0.503. The maximum atomic E-state index is 11.6. The summed E-state index contributed by atoms with van der Waals surface area (Å²) in [5.41, 5.74) is 3.46. The van der Waals surface area contributed by atoms with Gasteiger partial charge in [-0.3, -0.25) is 14.6 Å². The molecule has 0 radical (unpaired) electrons. The number of pyridine rings is 1. The first kappa shape index (κ1) is 16.9. The highest BCUT2D eigenvalue weighted by Crippen LogP contribution is 2.19. The van der Waals surface area contributed by atoms with Crippen LogP contribution in [0.2, 0.25) is 10.0 Å². The van der Waals surface area contributed by atoms with Gasteiger partial charge in [-0.05, 0) is 23.8 Å². The molecule has 118 valence electrons. The van der Waals surface area contributed by atoms with Gasteiger partial charge in [-0.15, -0.1) is 0 Å². The third-order valence-electron chi connectivity index (χ3n) is 2.71. The van der Waals surface area contributed by atoms with Gasteiger partial charge in [0.1, 0.15) is 0 Å². The van der Waals surface area contributed by atoms with Crippen molar-refractivity contribution in [2.75, 3.05) is 0 Å². The summed E-state index contributed by atoms with van der Waals surface area (Å²) in [4.78, 5) is 27.1. The van der Waals surface area contributed by atoms with Crippen LogP contribution in [0.1, 0.15) is 11.1 Å². The van der Waals surface area contributed by atoms with Gasteiger partial charge in [-0.25, -0.2) is 5.43 Å². The average Bonchev–Trinajstić information content (AvgIpc) is 2.55. The Bertz CT molecular complexity index is 736. The standard InChI is InChI=1S/C15H12Cl2N4O2/c16-12-4-3-11(13(17)6-12)9-20-21-15(23)14(22)19-8-10-2-1-5-18-7-10/h1-7,9H,8H2,(H,19,22)(H,21,23)/b20-9-. The number of nitrogens with zero attached hydrogens (tertiary/aromatic N) is 2. The summed E-state index contributed by atoms with van der Waals surface area (Å²) in [5, 5.41) is 7.02. The molecule has 0 spiro atoms. The second-order valence-electron chi connectivity index (χ2n) is 4.41. The van der Waals surface area contributed by atoms with Crippen LogP contribution in [-0.2, 0) is 16.1 Å². The first-order valence-corrected chi connectivity index (χ1v) is 7.27. The van der Waals surface area contributed by atoms with Crippen LogP contribution in [0, 0.1) is 0 Å². The fourth-order valence-electron chi connectivity index (χ4n) is 1.58. The molecule has 0 saturated heterocycles. The fraction of sp³-hybridized carbons (Fsp3) is 0.0667. The molecule has 1 aromatic heterocycles. The van der Waals surface area contributed by atoms with E-state index in [1.54, 1.807) is 42.7 Å². The second kappa shape index (κ2) is 8.26. The van der Waals surface area contributed by atoms with Crippen molar-refractivity contribution in [3.8, 4) is 0 Å². The minimum atomic E-state index is -0.879. The Kier molecular flexibility index (Phi) is 6.08. The number of rotatable bonds is 4. The number of carbonyl (C=O) groups excluding carboxylic acids is 2. The van der Waals surface area contributed by atoms with E-state index >= 15 is 0 Å². The van der Waals surface area contributed by atoms with Gasteiger partial charge < -0.3 is 5.32 Å². The molecule has 1 aromatic carbocycles. The van der Waals surface area contributed by atoms with Crippen molar-refractivity contribution in [1.29, 1.82) is 0 Å². The summed E-state index contributed by atoms with van der Waals surface area (Å²) < 4.78 is 0. The molecule has 8 heteroatoms. The number of halogens is 2. The van der Waals surface area contributed by atoms with E-state index in [1.807, 2.05) is 0 Å². The lowest BCUT2D eigenvalue weighted by Crippen LogP contribution is -2.37. The summed E-state index contributed by atoms with van der Waals surface area (Å²) in [6.45, 7) is 0.201. The minimum absolute atomic E-state index is 0.201. The highest BCUT2D eigenvalue weighted by Gasteiger charge is 2.11. The monoisotopic (exact) mass is 350 g/mol. The Morgan fingerprint density at radius 2 is 2.04 bits per heavy atom. The van der Waals surface area contributed by atoms with Crippen LogP contribution in [-0.4, -0.2) is 23.0 Å². The maximum absolute atomic E-state index is 11.6. The van der Waals surface area contributed by atoms with E-state index in [2.05, 4.69) is 20.8 Å². The number of hydrogen-bond donors (Lipinski definition) is 2. The molecule has 6 nitrogen and oxygen atoms in total. The summed E-state index contributed by atoms with van der Waals surface area (Å²) in [6, 6.07) is 8.35. The van der Waals surface area contributed by atoms with Crippen molar-refractivity contribution in [1.82, 2.24) is 15.7 Å². The molecular weight excluding hydrogens is 339 g/mol. The Labute approximate surface area is 142 Å². The van der Waals surface area contributed by atoms with E-state index in [4.69, 9.17) is 23.2 Å². The molecule has 2 aromatic rings. The van der Waals surface area contributed by atoms with Gasteiger partial charge in [0.15, 0.2) is 0 Å². The highest BCUT2D eigenvalue weighted by atomic mass is 35.5. The zero-order valence-corrected chi connectivity index (χ0v) is 13.3. The molecule has 0 aliphatic carbocycles. The van der Waals surface area contributed by atoms with Crippen molar-refractivity contribution >= 4 is 41.2 Å². The van der Waals surface area contributed by atoms with E-state index in [0.717, 1.165) is 5.56 Å². The molecule has 0 fully saturated rings. The van der Waals surface area contributed by atoms with Crippen LogP contribution in [0.4, 0.5) is 0 Å². The van der Waals surface area contributed by atoms with Gasteiger partial charge in [-0.2, -0.15) is 5.10 Å². The van der Waals surface area contributed by atoms with Crippen LogP contribution in [0.15, 0.2) is 47.8 Å². The molecule has 0 bridgehead atoms. The minimum Gasteiger partial charge on any atom is -0.344 e. The van der Waals surface area contributed by atoms with Crippen LogP contribution in [0.5, 0.6) is 0 Å². The van der Waals surface area contributed by atoms with Crippen molar-refractivity contribution in [2.45, 2.75) is 6.54 Å². The van der Waals surface area contributed by atoms with E-state index in [9.17, 15) is 9.59 Å². The molecule has 0 unspecified atom stereocenters. The van der Waals surface area contributed by atoms with E-state index in [1.165, 1.54) is 6.21 Å².